The Bertz CT molecular complexity index is 1000. The summed E-state index contributed by atoms with van der Waals surface area (Å²) in [5.74, 6) is 0.242. The highest BCUT2D eigenvalue weighted by atomic mass is 19.1. The standard InChI is InChI=1S/C18H14FN5O3/c19-16-12(2-1-3-14(16)20)10-24-9-11-4-5-13(8-15(11)27-18(24)25)26-17-21-6-7-22-23-17/h1-8H,9-10,20H2. The number of carbonyl (C=O) groups excluding carboxylic acids is 1. The van der Waals surface area contributed by atoms with E-state index in [-0.39, 0.29) is 24.8 Å². The third kappa shape index (κ3) is 3.47. The van der Waals surface area contributed by atoms with Crippen LogP contribution in [0.3, 0.4) is 0 Å². The van der Waals surface area contributed by atoms with Gasteiger partial charge in [0.1, 0.15) is 11.5 Å². The van der Waals surface area contributed by atoms with Gasteiger partial charge in [0.05, 0.1) is 31.2 Å². The number of nitrogen functional groups attached to an aromatic ring is 1. The third-order valence-electron chi connectivity index (χ3n) is 4.00. The molecule has 2 aromatic carbocycles. The van der Waals surface area contributed by atoms with Gasteiger partial charge in [-0.05, 0) is 18.2 Å². The number of carbonyl (C=O) groups is 1. The normalized spacial score (nSPS) is 13.1. The van der Waals surface area contributed by atoms with Crippen LogP contribution in [0.15, 0.2) is 48.8 Å². The zero-order chi connectivity index (χ0) is 18.8. The number of hydrogen-bond acceptors (Lipinski definition) is 7. The molecular weight excluding hydrogens is 353 g/mol. The Morgan fingerprint density at radius 2 is 2.15 bits per heavy atom. The fourth-order valence-corrected chi connectivity index (χ4v) is 2.69. The van der Waals surface area contributed by atoms with Crippen molar-refractivity contribution in [2.75, 3.05) is 5.73 Å². The molecule has 0 atom stereocenters. The van der Waals surface area contributed by atoms with E-state index in [0.29, 0.717) is 17.1 Å². The molecule has 136 valence electrons. The summed E-state index contributed by atoms with van der Waals surface area (Å²) in [6.07, 6.45) is 2.30. The molecule has 2 N–H and O–H groups in total. The lowest BCUT2D eigenvalue weighted by Crippen LogP contribution is -2.36. The zero-order valence-corrected chi connectivity index (χ0v) is 14.0. The molecule has 0 aliphatic carbocycles. The monoisotopic (exact) mass is 367 g/mol. The summed E-state index contributed by atoms with van der Waals surface area (Å²) < 4.78 is 24.9. The van der Waals surface area contributed by atoms with Crippen LogP contribution >= 0.6 is 0 Å². The van der Waals surface area contributed by atoms with Gasteiger partial charge < -0.3 is 15.2 Å². The molecule has 0 saturated heterocycles. The molecule has 1 aromatic heterocycles. The van der Waals surface area contributed by atoms with E-state index in [2.05, 4.69) is 15.2 Å². The Hall–Kier alpha value is -3.75. The minimum atomic E-state index is -0.584. The molecule has 4 rings (SSSR count). The summed E-state index contributed by atoms with van der Waals surface area (Å²) in [6, 6.07) is 9.81. The van der Waals surface area contributed by atoms with E-state index >= 15 is 0 Å². The van der Waals surface area contributed by atoms with Crippen LogP contribution in [0.25, 0.3) is 0 Å². The van der Waals surface area contributed by atoms with Crippen molar-refractivity contribution >= 4 is 11.8 Å². The van der Waals surface area contributed by atoms with E-state index < -0.39 is 11.9 Å². The number of nitrogens with two attached hydrogens (primary N) is 1. The molecule has 0 radical (unpaired) electrons. The highest BCUT2D eigenvalue weighted by Crippen LogP contribution is 2.32. The van der Waals surface area contributed by atoms with Crippen LogP contribution in [-0.2, 0) is 13.1 Å². The molecular formula is C18H14FN5O3. The van der Waals surface area contributed by atoms with Crippen molar-refractivity contribution in [3.63, 3.8) is 0 Å². The summed E-state index contributed by atoms with van der Waals surface area (Å²) in [5, 5.41) is 7.40. The topological polar surface area (TPSA) is 103 Å². The zero-order valence-electron chi connectivity index (χ0n) is 14.0. The van der Waals surface area contributed by atoms with E-state index in [9.17, 15) is 9.18 Å². The summed E-state index contributed by atoms with van der Waals surface area (Å²) >= 11 is 0. The van der Waals surface area contributed by atoms with E-state index in [4.69, 9.17) is 15.2 Å². The molecule has 1 aliphatic heterocycles. The first-order valence-corrected chi connectivity index (χ1v) is 8.04. The Balaban J connectivity index is 1.52. The maximum absolute atomic E-state index is 14.1. The molecule has 0 unspecified atom stereocenters. The van der Waals surface area contributed by atoms with Gasteiger partial charge in [-0.1, -0.05) is 17.2 Å². The minimum Gasteiger partial charge on any atom is -0.423 e. The smallest absolute Gasteiger partial charge is 0.415 e. The number of rotatable bonds is 4. The quantitative estimate of drug-likeness (QED) is 0.707. The number of fused-ring (bicyclic) bond motifs is 1. The number of amides is 1. The second-order valence-corrected chi connectivity index (χ2v) is 5.84. The maximum atomic E-state index is 14.1. The van der Waals surface area contributed by atoms with Crippen molar-refractivity contribution in [1.29, 1.82) is 0 Å². The number of anilines is 1. The van der Waals surface area contributed by atoms with E-state index in [1.807, 2.05) is 0 Å². The lowest BCUT2D eigenvalue weighted by atomic mass is 10.1. The molecule has 0 spiro atoms. The van der Waals surface area contributed by atoms with Gasteiger partial charge in [-0.25, -0.2) is 14.2 Å². The number of benzene rings is 2. The van der Waals surface area contributed by atoms with Crippen LogP contribution in [0, 0.1) is 5.82 Å². The molecule has 8 nitrogen and oxygen atoms in total. The van der Waals surface area contributed by atoms with Crippen LogP contribution in [0.1, 0.15) is 11.1 Å². The first kappa shape index (κ1) is 16.7. The van der Waals surface area contributed by atoms with Gasteiger partial charge in [-0.2, -0.15) is 5.10 Å². The Kier molecular flexibility index (Phi) is 4.25. The van der Waals surface area contributed by atoms with Gasteiger partial charge in [-0.15, -0.1) is 0 Å². The second kappa shape index (κ2) is 6.87. The molecule has 0 fully saturated rings. The SMILES string of the molecule is Nc1cccc(CN2Cc3ccc(Oc4nccnn4)cc3OC2=O)c1F. The third-order valence-corrected chi connectivity index (χ3v) is 4.00. The van der Waals surface area contributed by atoms with E-state index in [1.54, 1.807) is 30.3 Å². The van der Waals surface area contributed by atoms with Crippen molar-refractivity contribution in [3.8, 4) is 17.5 Å². The van der Waals surface area contributed by atoms with Crippen molar-refractivity contribution in [2.45, 2.75) is 13.1 Å². The predicted octanol–water partition coefficient (Wildman–Crippen LogP) is 2.90. The molecule has 2 heterocycles. The van der Waals surface area contributed by atoms with Crippen LogP contribution in [0.2, 0.25) is 0 Å². The molecule has 1 amide bonds. The van der Waals surface area contributed by atoms with Crippen LogP contribution < -0.4 is 15.2 Å². The average molecular weight is 367 g/mol. The first-order valence-electron chi connectivity index (χ1n) is 8.04. The van der Waals surface area contributed by atoms with E-state index in [0.717, 1.165) is 5.56 Å². The number of ether oxygens (including phenoxy) is 2. The maximum Gasteiger partial charge on any atom is 0.415 e. The summed E-state index contributed by atoms with van der Waals surface area (Å²) in [6.45, 7) is 0.322. The highest BCUT2D eigenvalue weighted by molar-refractivity contribution is 5.73. The fraction of sp³-hybridized carbons (Fsp3) is 0.111. The predicted molar refractivity (Wildman–Crippen MR) is 92.4 cm³/mol. The molecule has 9 heteroatoms. The van der Waals surface area contributed by atoms with Crippen LogP contribution in [-0.4, -0.2) is 26.2 Å². The first-order chi connectivity index (χ1) is 13.1. The Morgan fingerprint density at radius 3 is 2.96 bits per heavy atom. The van der Waals surface area contributed by atoms with Gasteiger partial charge in [0.15, 0.2) is 5.82 Å². The Labute approximate surface area is 153 Å². The largest absolute Gasteiger partial charge is 0.423 e. The fourth-order valence-electron chi connectivity index (χ4n) is 2.69. The molecule has 27 heavy (non-hydrogen) atoms. The van der Waals surface area contributed by atoms with Crippen molar-refractivity contribution in [3.05, 3.63) is 65.7 Å². The Morgan fingerprint density at radius 1 is 1.26 bits per heavy atom. The molecule has 0 saturated carbocycles. The summed E-state index contributed by atoms with van der Waals surface area (Å²) in [5.41, 5.74) is 6.70. The van der Waals surface area contributed by atoms with Crippen molar-refractivity contribution in [2.24, 2.45) is 0 Å². The molecule has 3 aromatic rings. The van der Waals surface area contributed by atoms with Gasteiger partial charge in [-0.3, -0.25) is 4.90 Å². The number of aromatic nitrogens is 3. The van der Waals surface area contributed by atoms with E-state index in [1.165, 1.54) is 23.4 Å². The average Bonchev–Trinajstić information content (AvgIpc) is 2.67. The summed E-state index contributed by atoms with van der Waals surface area (Å²) in [7, 11) is 0. The van der Waals surface area contributed by atoms with Gasteiger partial charge in [0, 0.05) is 17.2 Å². The minimum absolute atomic E-state index is 0.0395. The molecule has 1 aliphatic rings. The number of halogens is 1. The van der Waals surface area contributed by atoms with Crippen molar-refractivity contribution in [1.82, 2.24) is 20.1 Å². The lowest BCUT2D eigenvalue weighted by Gasteiger charge is -2.28. The van der Waals surface area contributed by atoms with Crippen molar-refractivity contribution < 1.29 is 18.7 Å². The van der Waals surface area contributed by atoms with Crippen LogP contribution in [0.4, 0.5) is 14.9 Å². The summed E-state index contributed by atoms with van der Waals surface area (Å²) in [4.78, 5) is 17.6. The van der Waals surface area contributed by atoms with Gasteiger partial charge >= 0.3 is 12.1 Å². The molecule has 0 bridgehead atoms. The second-order valence-electron chi connectivity index (χ2n) is 5.84. The number of hydrogen-bond donors (Lipinski definition) is 1. The van der Waals surface area contributed by atoms with Gasteiger partial charge in [0.25, 0.3) is 0 Å². The van der Waals surface area contributed by atoms with Gasteiger partial charge in [0.2, 0.25) is 0 Å². The highest BCUT2D eigenvalue weighted by Gasteiger charge is 2.26. The van der Waals surface area contributed by atoms with Crippen LogP contribution in [0.5, 0.6) is 17.5 Å². The lowest BCUT2D eigenvalue weighted by molar-refractivity contribution is 0.134. The number of nitrogens with zero attached hydrogens (tertiary/aromatic N) is 4.